The monoisotopic (exact) mass is 550 g/mol. The summed E-state index contributed by atoms with van der Waals surface area (Å²) in [5.74, 6) is 0.189. The first kappa shape index (κ1) is 28.6. The number of piperazine rings is 1. The molecule has 1 aromatic carbocycles. The number of nitrogens with one attached hydrogen (secondary N) is 1. The van der Waals surface area contributed by atoms with Crippen LogP contribution in [0.25, 0.3) is 22.0 Å². The zero-order chi connectivity index (χ0) is 28.2. The lowest BCUT2D eigenvalue weighted by Crippen LogP contribution is -2.57. The number of pyridine rings is 2. The first-order valence-electron chi connectivity index (χ1n) is 13.5. The summed E-state index contributed by atoms with van der Waals surface area (Å²) in [6.45, 7) is 9.66. The molecular weight excluding hydrogens is 512 g/mol. The van der Waals surface area contributed by atoms with E-state index < -0.39 is 10.0 Å². The Bertz CT molecular complexity index is 1460. The smallest absolute Gasteiger partial charge is 0.238 e. The van der Waals surface area contributed by atoms with Gasteiger partial charge in [-0.3, -0.25) is 14.6 Å². The number of sulfonamides is 1. The van der Waals surface area contributed by atoms with Gasteiger partial charge in [-0.1, -0.05) is 32.3 Å². The predicted molar refractivity (Wildman–Crippen MR) is 157 cm³/mol. The Morgan fingerprint density at radius 3 is 2.46 bits per heavy atom. The van der Waals surface area contributed by atoms with Gasteiger partial charge in [-0.25, -0.2) is 13.4 Å². The van der Waals surface area contributed by atoms with Gasteiger partial charge in [0.25, 0.3) is 0 Å². The molecule has 4 rings (SSSR count). The molecule has 1 saturated heterocycles. The highest BCUT2D eigenvalue weighted by Crippen LogP contribution is 2.37. The van der Waals surface area contributed by atoms with Crippen LogP contribution in [0.3, 0.4) is 0 Å². The van der Waals surface area contributed by atoms with Crippen LogP contribution in [0, 0.1) is 11.3 Å². The van der Waals surface area contributed by atoms with E-state index in [1.54, 1.807) is 18.5 Å². The highest BCUT2D eigenvalue weighted by molar-refractivity contribution is 7.92. The maximum absolute atomic E-state index is 11.9. The third-order valence-corrected chi connectivity index (χ3v) is 7.80. The number of anilines is 2. The number of rotatable bonds is 10. The molecule has 0 unspecified atom stereocenters. The van der Waals surface area contributed by atoms with Crippen molar-refractivity contribution in [1.82, 2.24) is 14.9 Å². The zero-order valence-electron chi connectivity index (χ0n) is 23.4. The highest BCUT2D eigenvalue weighted by Gasteiger charge is 2.32. The lowest BCUT2D eigenvalue weighted by molar-refractivity contribution is 0.196. The fourth-order valence-electron chi connectivity index (χ4n) is 5.58. The SMILES string of the molecule is CCCCCCN1C[C@@H](C)N(c2c(C#N)cnc3ccc(-c4cnc(OC)c(NS(C)(=O)=O)c4)cc23)[C@H](C)C1. The fraction of sp³-hybridized carbons (Fsp3) is 0.483. The standard InChI is InChI=1S/C29H38N6O3S/c1-6-7-8-9-12-34-18-20(2)35(21(3)19-34)28-24(15-30)17-31-26-11-10-22(13-25(26)28)23-14-27(33-39(5,36)37)29(38-4)32-16-23/h10-11,13-14,16-17,20-21,33H,6-9,12,18-19H2,1-5H3/t20-,21-/m1/s1. The van der Waals surface area contributed by atoms with Crippen LogP contribution in [0.15, 0.2) is 36.7 Å². The highest BCUT2D eigenvalue weighted by atomic mass is 32.2. The Morgan fingerprint density at radius 1 is 1.08 bits per heavy atom. The zero-order valence-corrected chi connectivity index (χ0v) is 24.3. The Hall–Kier alpha value is -3.42. The van der Waals surface area contributed by atoms with Crippen molar-refractivity contribution in [3.63, 3.8) is 0 Å². The van der Waals surface area contributed by atoms with E-state index in [1.165, 1.54) is 32.8 Å². The third-order valence-electron chi connectivity index (χ3n) is 7.21. The molecule has 1 fully saturated rings. The Kier molecular flexibility index (Phi) is 8.93. The van der Waals surface area contributed by atoms with Crippen molar-refractivity contribution in [3.05, 3.63) is 42.2 Å². The van der Waals surface area contributed by atoms with Gasteiger partial charge in [-0.2, -0.15) is 5.26 Å². The fourth-order valence-corrected chi connectivity index (χ4v) is 6.13. The second kappa shape index (κ2) is 12.2. The molecule has 0 spiro atoms. The van der Waals surface area contributed by atoms with Crippen LogP contribution >= 0.6 is 0 Å². The van der Waals surface area contributed by atoms with Crippen LogP contribution in [0.4, 0.5) is 11.4 Å². The topological polar surface area (TPSA) is 111 Å². The molecule has 0 saturated carbocycles. The number of ether oxygens (including phenoxy) is 1. The van der Waals surface area contributed by atoms with E-state index in [-0.39, 0.29) is 23.7 Å². The number of hydrogen-bond acceptors (Lipinski definition) is 8. The number of methoxy groups -OCH3 is 1. The first-order chi connectivity index (χ1) is 18.6. The van der Waals surface area contributed by atoms with Gasteiger partial charge in [0.05, 0.1) is 30.1 Å². The molecule has 208 valence electrons. The van der Waals surface area contributed by atoms with Crippen LogP contribution in [0.2, 0.25) is 0 Å². The maximum Gasteiger partial charge on any atom is 0.238 e. The molecule has 1 aliphatic rings. The van der Waals surface area contributed by atoms with Gasteiger partial charge in [0.1, 0.15) is 11.8 Å². The van der Waals surface area contributed by atoms with Crippen LogP contribution in [-0.4, -0.2) is 68.4 Å². The van der Waals surface area contributed by atoms with E-state index in [0.29, 0.717) is 5.56 Å². The summed E-state index contributed by atoms with van der Waals surface area (Å²) >= 11 is 0. The van der Waals surface area contributed by atoms with Crippen LogP contribution in [0.5, 0.6) is 5.88 Å². The van der Waals surface area contributed by atoms with E-state index in [9.17, 15) is 13.7 Å². The van der Waals surface area contributed by atoms with Crippen LogP contribution in [0.1, 0.15) is 52.0 Å². The van der Waals surface area contributed by atoms with E-state index in [2.05, 4.69) is 51.3 Å². The minimum Gasteiger partial charge on any atom is -0.480 e. The molecule has 1 aliphatic heterocycles. The Labute approximate surface area is 231 Å². The largest absolute Gasteiger partial charge is 0.480 e. The van der Waals surface area contributed by atoms with Crippen molar-refractivity contribution >= 4 is 32.3 Å². The molecule has 9 nitrogen and oxygen atoms in total. The molecule has 3 heterocycles. The van der Waals surface area contributed by atoms with Crippen LogP contribution < -0.4 is 14.4 Å². The van der Waals surface area contributed by atoms with Gasteiger partial charge in [-0.05, 0) is 50.6 Å². The number of nitrogens with zero attached hydrogens (tertiary/aromatic N) is 5. The average molecular weight is 551 g/mol. The summed E-state index contributed by atoms with van der Waals surface area (Å²) in [6.07, 6.45) is 9.38. The quantitative estimate of drug-likeness (QED) is 0.350. The number of aromatic nitrogens is 2. The number of hydrogen-bond donors (Lipinski definition) is 1. The first-order valence-corrected chi connectivity index (χ1v) is 15.4. The summed E-state index contributed by atoms with van der Waals surface area (Å²) in [5, 5.41) is 11.0. The predicted octanol–water partition coefficient (Wildman–Crippen LogP) is 5.03. The molecule has 0 radical (unpaired) electrons. The minimum atomic E-state index is -3.53. The van der Waals surface area contributed by atoms with Crippen molar-refractivity contribution < 1.29 is 13.2 Å². The molecule has 0 amide bonds. The van der Waals surface area contributed by atoms with Crippen molar-refractivity contribution in [2.75, 3.05) is 42.6 Å². The van der Waals surface area contributed by atoms with Crippen molar-refractivity contribution in [1.29, 1.82) is 5.26 Å². The van der Waals surface area contributed by atoms with Crippen molar-refractivity contribution in [3.8, 4) is 23.1 Å². The van der Waals surface area contributed by atoms with E-state index in [0.717, 1.165) is 53.6 Å². The lowest BCUT2D eigenvalue weighted by atomic mass is 9.98. The number of benzene rings is 1. The second-order valence-corrected chi connectivity index (χ2v) is 12.2. The van der Waals surface area contributed by atoms with E-state index in [1.807, 2.05) is 18.2 Å². The van der Waals surface area contributed by atoms with Gasteiger partial charge in [-0.15, -0.1) is 0 Å². The van der Waals surface area contributed by atoms with Gasteiger partial charge in [0, 0.05) is 48.5 Å². The minimum absolute atomic E-state index is 0.189. The molecular formula is C29H38N6O3S. The van der Waals surface area contributed by atoms with Crippen molar-refractivity contribution in [2.45, 2.75) is 58.5 Å². The van der Waals surface area contributed by atoms with Crippen molar-refractivity contribution in [2.24, 2.45) is 0 Å². The number of fused-ring (bicyclic) bond motifs is 1. The van der Waals surface area contributed by atoms with Gasteiger partial charge in [0.15, 0.2) is 0 Å². The molecule has 0 aliphatic carbocycles. The lowest BCUT2D eigenvalue weighted by Gasteiger charge is -2.46. The summed E-state index contributed by atoms with van der Waals surface area (Å²) in [7, 11) is -2.08. The Morgan fingerprint density at radius 2 is 1.82 bits per heavy atom. The van der Waals surface area contributed by atoms with E-state index >= 15 is 0 Å². The molecule has 2 atom stereocenters. The third kappa shape index (κ3) is 6.60. The average Bonchev–Trinajstić information content (AvgIpc) is 2.89. The van der Waals surface area contributed by atoms with Gasteiger partial charge >= 0.3 is 0 Å². The molecule has 39 heavy (non-hydrogen) atoms. The molecule has 0 bridgehead atoms. The maximum atomic E-state index is 11.9. The summed E-state index contributed by atoms with van der Waals surface area (Å²) in [4.78, 5) is 13.8. The summed E-state index contributed by atoms with van der Waals surface area (Å²) in [6, 6.07) is 10.4. The van der Waals surface area contributed by atoms with Gasteiger partial charge in [0.2, 0.25) is 15.9 Å². The Balaban J connectivity index is 1.73. The second-order valence-electron chi connectivity index (χ2n) is 10.4. The van der Waals surface area contributed by atoms with Crippen LogP contribution in [-0.2, 0) is 10.0 Å². The normalized spacial score (nSPS) is 18.2. The molecule has 10 heteroatoms. The molecule has 2 aromatic heterocycles. The molecule has 3 aromatic rings. The van der Waals surface area contributed by atoms with Gasteiger partial charge < -0.3 is 9.64 Å². The number of unbranched alkanes of at least 4 members (excludes halogenated alkanes) is 3. The summed E-state index contributed by atoms with van der Waals surface area (Å²) in [5.41, 5.74) is 4.05. The molecule has 1 N–H and O–H groups in total. The summed E-state index contributed by atoms with van der Waals surface area (Å²) < 4.78 is 31.6. The number of nitriles is 1. The van der Waals surface area contributed by atoms with E-state index in [4.69, 9.17) is 4.74 Å².